The van der Waals surface area contributed by atoms with Crippen molar-refractivity contribution in [2.24, 2.45) is 0 Å². The van der Waals surface area contributed by atoms with Crippen LogP contribution >= 0.6 is 0 Å². The molecule has 0 aromatic heterocycles. The Morgan fingerprint density at radius 2 is 1.42 bits per heavy atom. The zero-order valence-electron chi connectivity index (χ0n) is 18.0. The van der Waals surface area contributed by atoms with Crippen molar-refractivity contribution in [1.82, 2.24) is 10.0 Å². The first-order valence-electron chi connectivity index (χ1n) is 10.2. The van der Waals surface area contributed by atoms with Gasteiger partial charge in [-0.25, -0.2) is 17.9 Å². The molecule has 33 heavy (non-hydrogen) atoms. The summed E-state index contributed by atoms with van der Waals surface area (Å²) in [7, 11) is -2.26. The summed E-state index contributed by atoms with van der Waals surface area (Å²) in [5.74, 6) is -0.459. The van der Waals surface area contributed by atoms with E-state index in [2.05, 4.69) is 15.4 Å². The number of hydrogen-bond donors (Lipinski definition) is 3. The quantitative estimate of drug-likeness (QED) is 0.448. The van der Waals surface area contributed by atoms with Crippen molar-refractivity contribution < 1.29 is 22.7 Å². The predicted molar refractivity (Wildman–Crippen MR) is 125 cm³/mol. The fourth-order valence-electron chi connectivity index (χ4n) is 3.03. The van der Waals surface area contributed by atoms with Crippen molar-refractivity contribution in [3.63, 3.8) is 0 Å². The summed E-state index contributed by atoms with van der Waals surface area (Å²) in [6.07, 6.45) is -0.468. The minimum absolute atomic E-state index is 0.0754. The lowest BCUT2D eigenvalue weighted by Gasteiger charge is -2.19. The van der Waals surface area contributed by atoms with Gasteiger partial charge in [0.15, 0.2) is 0 Å². The van der Waals surface area contributed by atoms with Gasteiger partial charge in [0.25, 0.3) is 0 Å². The monoisotopic (exact) mass is 467 g/mol. The van der Waals surface area contributed by atoms with Gasteiger partial charge in [-0.2, -0.15) is 0 Å². The molecule has 8 nitrogen and oxygen atoms in total. The Kier molecular flexibility index (Phi) is 8.17. The molecule has 0 aliphatic heterocycles. The van der Waals surface area contributed by atoms with Gasteiger partial charge in [0.1, 0.15) is 12.6 Å². The van der Waals surface area contributed by atoms with Crippen molar-refractivity contribution in [3.8, 4) is 0 Å². The van der Waals surface area contributed by atoms with Crippen LogP contribution in [0.2, 0.25) is 0 Å². The van der Waals surface area contributed by atoms with Crippen LogP contribution in [-0.4, -0.2) is 33.5 Å². The second kappa shape index (κ2) is 11.3. The summed E-state index contributed by atoms with van der Waals surface area (Å²) in [6, 6.07) is 23.3. The third kappa shape index (κ3) is 7.16. The van der Waals surface area contributed by atoms with E-state index in [1.54, 1.807) is 0 Å². The lowest BCUT2D eigenvalue weighted by molar-refractivity contribution is -0.118. The number of ether oxygens (including phenoxy) is 1. The number of hydrogen-bond acceptors (Lipinski definition) is 5. The van der Waals surface area contributed by atoms with Crippen LogP contribution in [0, 0.1) is 0 Å². The lowest BCUT2D eigenvalue weighted by Crippen LogP contribution is -2.45. The maximum atomic E-state index is 13.0. The fourth-order valence-corrected chi connectivity index (χ4v) is 3.76. The molecule has 9 heteroatoms. The number of rotatable bonds is 9. The molecule has 172 valence electrons. The number of nitrogens with one attached hydrogen (secondary N) is 3. The molecule has 0 unspecified atom stereocenters. The van der Waals surface area contributed by atoms with Gasteiger partial charge in [-0.1, -0.05) is 60.7 Å². The number of benzene rings is 3. The minimum Gasteiger partial charge on any atom is -0.445 e. The van der Waals surface area contributed by atoms with E-state index >= 15 is 0 Å². The molecule has 0 saturated heterocycles. The van der Waals surface area contributed by atoms with E-state index in [1.165, 1.54) is 31.3 Å². The Morgan fingerprint density at radius 3 is 2.00 bits per heavy atom. The van der Waals surface area contributed by atoms with E-state index in [1.807, 2.05) is 60.7 Å². The Bertz CT molecular complexity index is 1170. The van der Waals surface area contributed by atoms with E-state index < -0.39 is 28.1 Å². The molecule has 3 rings (SSSR count). The third-order valence-electron chi connectivity index (χ3n) is 4.80. The first-order chi connectivity index (χ1) is 15.9. The molecule has 0 radical (unpaired) electrons. The maximum Gasteiger partial charge on any atom is 0.408 e. The van der Waals surface area contributed by atoms with Gasteiger partial charge in [0.05, 0.1) is 4.90 Å². The number of anilines is 1. The molecular formula is C24H25N3O5S. The molecule has 3 aromatic rings. The molecule has 2 amide bonds. The molecule has 0 aliphatic rings. The largest absolute Gasteiger partial charge is 0.445 e. The van der Waals surface area contributed by atoms with E-state index in [9.17, 15) is 18.0 Å². The number of alkyl carbamates (subject to hydrolysis) is 1. The van der Waals surface area contributed by atoms with Crippen LogP contribution in [-0.2, 0) is 32.6 Å². The van der Waals surface area contributed by atoms with E-state index in [4.69, 9.17) is 4.74 Å². The fraction of sp³-hybridized carbons (Fsp3) is 0.167. The van der Waals surface area contributed by atoms with Crippen molar-refractivity contribution >= 4 is 27.7 Å². The molecule has 0 aliphatic carbocycles. The van der Waals surface area contributed by atoms with E-state index in [0.29, 0.717) is 5.69 Å². The summed E-state index contributed by atoms with van der Waals surface area (Å²) in [6.45, 7) is 0.0771. The molecule has 0 heterocycles. The highest BCUT2D eigenvalue weighted by Gasteiger charge is 2.22. The van der Waals surface area contributed by atoms with Gasteiger partial charge in [-0.15, -0.1) is 0 Å². The van der Waals surface area contributed by atoms with Gasteiger partial charge in [0.2, 0.25) is 15.9 Å². The summed E-state index contributed by atoms with van der Waals surface area (Å²) >= 11 is 0. The summed E-state index contributed by atoms with van der Waals surface area (Å²) < 4.78 is 31.2. The van der Waals surface area contributed by atoms with Crippen molar-refractivity contribution in [2.45, 2.75) is 24.0 Å². The SMILES string of the molecule is CNS(=O)(=O)c1ccc(NC(=O)[C@H](Cc2ccccc2)NC(=O)OCc2ccccc2)cc1. The standard InChI is InChI=1S/C24H25N3O5S/c1-25-33(30,31)21-14-12-20(13-15-21)26-23(28)22(16-18-8-4-2-5-9-18)27-24(29)32-17-19-10-6-3-7-11-19/h2-15,22,25H,16-17H2,1H3,(H,26,28)(H,27,29)/t22-/m0/s1. The first-order valence-corrected chi connectivity index (χ1v) is 11.7. The second-order valence-corrected chi connectivity index (χ2v) is 9.06. The highest BCUT2D eigenvalue weighted by Crippen LogP contribution is 2.15. The summed E-state index contributed by atoms with van der Waals surface area (Å²) in [5, 5.41) is 5.34. The predicted octanol–water partition coefficient (Wildman–Crippen LogP) is 3.07. The first kappa shape index (κ1) is 24.0. The molecule has 0 fully saturated rings. The zero-order chi connectivity index (χ0) is 23.7. The average Bonchev–Trinajstić information content (AvgIpc) is 2.84. The molecule has 3 N–H and O–H groups in total. The number of carbonyl (C=O) groups excluding carboxylic acids is 2. The van der Waals surface area contributed by atoms with Crippen LogP contribution in [0.25, 0.3) is 0 Å². The zero-order valence-corrected chi connectivity index (χ0v) is 18.8. The smallest absolute Gasteiger partial charge is 0.408 e. The van der Waals surface area contributed by atoms with Gasteiger partial charge in [-0.3, -0.25) is 4.79 Å². The van der Waals surface area contributed by atoms with Crippen LogP contribution in [0.4, 0.5) is 10.5 Å². The maximum absolute atomic E-state index is 13.0. The Labute approximate surface area is 193 Å². The molecular weight excluding hydrogens is 442 g/mol. The average molecular weight is 468 g/mol. The molecule has 0 spiro atoms. The van der Waals surface area contributed by atoms with Crippen molar-refractivity contribution in [1.29, 1.82) is 0 Å². The van der Waals surface area contributed by atoms with Crippen LogP contribution in [0.15, 0.2) is 89.8 Å². The van der Waals surface area contributed by atoms with Crippen LogP contribution < -0.4 is 15.4 Å². The van der Waals surface area contributed by atoms with E-state index in [-0.39, 0.29) is 17.9 Å². The lowest BCUT2D eigenvalue weighted by atomic mass is 10.1. The van der Waals surface area contributed by atoms with Gasteiger partial charge < -0.3 is 15.4 Å². The van der Waals surface area contributed by atoms with Crippen LogP contribution in [0.1, 0.15) is 11.1 Å². The van der Waals surface area contributed by atoms with Crippen molar-refractivity contribution in [2.75, 3.05) is 12.4 Å². The van der Waals surface area contributed by atoms with Gasteiger partial charge in [-0.05, 0) is 42.4 Å². The van der Waals surface area contributed by atoms with Crippen LogP contribution in [0.3, 0.4) is 0 Å². The highest BCUT2D eigenvalue weighted by molar-refractivity contribution is 7.89. The summed E-state index contributed by atoms with van der Waals surface area (Å²) in [5.41, 5.74) is 2.08. The second-order valence-electron chi connectivity index (χ2n) is 7.17. The Balaban J connectivity index is 1.68. The molecule has 0 saturated carbocycles. The normalized spacial score (nSPS) is 11.9. The van der Waals surface area contributed by atoms with E-state index in [0.717, 1.165) is 11.1 Å². The molecule has 1 atom stereocenters. The Hall–Kier alpha value is -3.69. The highest BCUT2D eigenvalue weighted by atomic mass is 32.2. The summed E-state index contributed by atoms with van der Waals surface area (Å²) in [4.78, 5) is 25.4. The molecule has 0 bridgehead atoms. The molecule has 3 aromatic carbocycles. The number of sulfonamides is 1. The van der Waals surface area contributed by atoms with Crippen molar-refractivity contribution in [3.05, 3.63) is 96.1 Å². The number of amides is 2. The van der Waals surface area contributed by atoms with Gasteiger partial charge >= 0.3 is 6.09 Å². The van der Waals surface area contributed by atoms with Gasteiger partial charge in [0, 0.05) is 12.1 Å². The Morgan fingerprint density at radius 1 is 0.848 bits per heavy atom. The topological polar surface area (TPSA) is 114 Å². The minimum atomic E-state index is -3.58. The van der Waals surface area contributed by atoms with Crippen LogP contribution in [0.5, 0.6) is 0 Å². The number of carbonyl (C=O) groups is 2. The third-order valence-corrected chi connectivity index (χ3v) is 6.24.